The van der Waals surface area contributed by atoms with Crippen LogP contribution in [0.4, 0.5) is 5.69 Å². The number of rotatable bonds is 5. The second-order valence-electron chi connectivity index (χ2n) is 7.24. The normalized spacial score (nSPS) is 20.5. The average Bonchev–Trinajstić information content (AvgIpc) is 2.70. The van der Waals surface area contributed by atoms with Crippen molar-refractivity contribution < 1.29 is 24.0 Å². The molecule has 0 bridgehead atoms. The lowest BCUT2D eigenvalue weighted by atomic mass is 9.97. The largest absolute Gasteiger partial charge is 0.371 e. The zero-order chi connectivity index (χ0) is 20.3. The molecule has 0 saturated carbocycles. The van der Waals surface area contributed by atoms with Crippen molar-refractivity contribution in [2.45, 2.75) is 38.6 Å². The Morgan fingerprint density at radius 2 is 1.89 bits per heavy atom. The maximum Gasteiger partial charge on any atom is 0.261 e. The highest BCUT2D eigenvalue weighted by atomic mass is 16.2. The first-order chi connectivity index (χ1) is 13.4. The Morgan fingerprint density at radius 3 is 2.50 bits per heavy atom. The Hall–Kier alpha value is -3.03. The van der Waals surface area contributed by atoms with Gasteiger partial charge in [0.25, 0.3) is 5.91 Å². The van der Waals surface area contributed by atoms with E-state index in [9.17, 15) is 24.0 Å². The molecule has 1 aromatic carbocycles. The molecule has 1 N–H and O–H groups in total. The van der Waals surface area contributed by atoms with Crippen LogP contribution in [0.1, 0.15) is 41.6 Å². The number of hydrogen-bond donors (Lipinski definition) is 1. The molecule has 2 aliphatic rings. The number of piperidine rings is 2. The molecular formula is C20H23N3O5. The molecule has 2 aliphatic heterocycles. The highest BCUT2D eigenvalue weighted by molar-refractivity contribution is 6.07. The van der Waals surface area contributed by atoms with E-state index in [1.54, 1.807) is 13.0 Å². The van der Waals surface area contributed by atoms with E-state index in [2.05, 4.69) is 10.2 Å². The van der Waals surface area contributed by atoms with E-state index < -0.39 is 23.8 Å². The first kappa shape index (κ1) is 19.7. The summed E-state index contributed by atoms with van der Waals surface area (Å²) in [4.78, 5) is 62.0. The molecule has 28 heavy (non-hydrogen) atoms. The van der Waals surface area contributed by atoms with Gasteiger partial charge in [-0.05, 0) is 43.9 Å². The Balaban J connectivity index is 1.82. The lowest BCUT2D eigenvalue weighted by molar-refractivity contribution is -0.139. The van der Waals surface area contributed by atoms with Crippen LogP contribution >= 0.6 is 0 Å². The van der Waals surface area contributed by atoms with E-state index in [1.165, 1.54) is 0 Å². The topological polar surface area (TPSA) is 104 Å². The van der Waals surface area contributed by atoms with Gasteiger partial charge in [-0.2, -0.15) is 0 Å². The molecule has 2 fully saturated rings. The lowest BCUT2D eigenvalue weighted by Crippen LogP contribution is -2.54. The zero-order valence-electron chi connectivity index (χ0n) is 15.7. The number of amides is 4. The van der Waals surface area contributed by atoms with Gasteiger partial charge in [0.1, 0.15) is 12.3 Å². The highest BCUT2D eigenvalue weighted by Gasteiger charge is 2.35. The number of carbonyl (C=O) groups is 5. The van der Waals surface area contributed by atoms with Crippen LogP contribution in [-0.4, -0.2) is 54.4 Å². The molecule has 0 radical (unpaired) electrons. The van der Waals surface area contributed by atoms with Crippen molar-refractivity contribution >= 4 is 36.1 Å². The van der Waals surface area contributed by atoms with E-state index >= 15 is 0 Å². The Bertz CT molecular complexity index is 814. The number of aldehydes is 1. The van der Waals surface area contributed by atoms with E-state index in [0.717, 1.165) is 29.7 Å². The minimum Gasteiger partial charge on any atom is -0.371 e. The molecule has 8 heteroatoms. The number of benzene rings is 1. The summed E-state index contributed by atoms with van der Waals surface area (Å²) in [5, 5.41) is 2.17. The van der Waals surface area contributed by atoms with E-state index in [0.29, 0.717) is 30.6 Å². The van der Waals surface area contributed by atoms with Crippen LogP contribution in [0.15, 0.2) is 18.2 Å². The van der Waals surface area contributed by atoms with Gasteiger partial charge in [0, 0.05) is 36.7 Å². The van der Waals surface area contributed by atoms with Crippen LogP contribution in [0.5, 0.6) is 0 Å². The molecule has 8 nitrogen and oxygen atoms in total. The van der Waals surface area contributed by atoms with Gasteiger partial charge in [0.15, 0.2) is 0 Å². The van der Waals surface area contributed by atoms with Crippen molar-refractivity contribution in [1.82, 2.24) is 10.2 Å². The van der Waals surface area contributed by atoms with Gasteiger partial charge in [0.05, 0.1) is 0 Å². The highest BCUT2D eigenvalue weighted by Crippen LogP contribution is 2.26. The molecule has 1 atom stereocenters. The molecule has 148 valence electrons. The molecule has 1 unspecified atom stereocenters. The van der Waals surface area contributed by atoms with Crippen molar-refractivity contribution in [1.29, 1.82) is 0 Å². The molecule has 0 aliphatic carbocycles. The minimum absolute atomic E-state index is 0.0703. The van der Waals surface area contributed by atoms with Gasteiger partial charge in [-0.1, -0.05) is 6.07 Å². The summed E-state index contributed by atoms with van der Waals surface area (Å²) in [6, 6.07) is 4.45. The summed E-state index contributed by atoms with van der Waals surface area (Å²) in [7, 11) is 0. The van der Waals surface area contributed by atoms with Crippen LogP contribution in [-0.2, 0) is 19.2 Å². The third-order valence-electron chi connectivity index (χ3n) is 5.44. The summed E-state index contributed by atoms with van der Waals surface area (Å²) in [5.74, 6) is -1.54. The number of anilines is 1. The minimum atomic E-state index is -0.992. The number of carbonyl (C=O) groups excluding carboxylic acids is 5. The third-order valence-corrected chi connectivity index (χ3v) is 5.44. The first-order valence-electron chi connectivity index (χ1n) is 9.37. The van der Waals surface area contributed by atoms with Crippen LogP contribution in [0.25, 0.3) is 0 Å². The Morgan fingerprint density at radius 1 is 1.18 bits per heavy atom. The lowest BCUT2D eigenvalue weighted by Gasteiger charge is -2.32. The van der Waals surface area contributed by atoms with E-state index in [4.69, 9.17) is 0 Å². The summed E-state index contributed by atoms with van der Waals surface area (Å²) in [6.45, 7) is 3.19. The smallest absolute Gasteiger partial charge is 0.261 e. The maximum absolute atomic E-state index is 13.0. The number of nitrogens with zero attached hydrogens (tertiary/aromatic N) is 2. The Labute approximate surface area is 162 Å². The van der Waals surface area contributed by atoms with Crippen molar-refractivity contribution in [3.05, 3.63) is 29.3 Å². The molecule has 0 aromatic heterocycles. The fourth-order valence-corrected chi connectivity index (χ4v) is 3.68. The number of imide groups is 2. The summed E-state index contributed by atoms with van der Waals surface area (Å²) < 4.78 is 0. The molecule has 0 spiro atoms. The zero-order valence-corrected chi connectivity index (χ0v) is 15.7. The van der Waals surface area contributed by atoms with Crippen molar-refractivity contribution in [2.24, 2.45) is 5.92 Å². The molecule has 1 aromatic rings. The predicted octanol–water partition coefficient (Wildman–Crippen LogP) is 0.814. The van der Waals surface area contributed by atoms with Crippen molar-refractivity contribution in [3.63, 3.8) is 0 Å². The maximum atomic E-state index is 13.0. The molecule has 3 rings (SSSR count). The van der Waals surface area contributed by atoms with Crippen molar-refractivity contribution in [2.75, 3.05) is 18.0 Å². The van der Waals surface area contributed by atoms with Crippen LogP contribution in [0.2, 0.25) is 0 Å². The second kappa shape index (κ2) is 8.33. The summed E-state index contributed by atoms with van der Waals surface area (Å²) in [5.41, 5.74) is 1.87. The molecule has 4 amide bonds. The van der Waals surface area contributed by atoms with E-state index in [1.807, 2.05) is 12.1 Å². The summed E-state index contributed by atoms with van der Waals surface area (Å²) >= 11 is 0. The van der Waals surface area contributed by atoms with Crippen LogP contribution < -0.4 is 10.2 Å². The first-order valence-corrected chi connectivity index (χ1v) is 9.37. The Kier molecular flexibility index (Phi) is 5.87. The number of aryl methyl sites for hydroxylation is 1. The van der Waals surface area contributed by atoms with Gasteiger partial charge in [-0.3, -0.25) is 29.4 Å². The van der Waals surface area contributed by atoms with Gasteiger partial charge in [-0.25, -0.2) is 0 Å². The van der Waals surface area contributed by atoms with Crippen LogP contribution in [0, 0.1) is 12.8 Å². The third kappa shape index (κ3) is 3.95. The van der Waals surface area contributed by atoms with Gasteiger partial charge in [0.2, 0.25) is 18.2 Å². The average molecular weight is 385 g/mol. The molecule has 2 heterocycles. The fourth-order valence-electron chi connectivity index (χ4n) is 3.68. The van der Waals surface area contributed by atoms with Gasteiger partial charge < -0.3 is 9.69 Å². The molecule has 2 saturated heterocycles. The molecular weight excluding hydrogens is 362 g/mol. The standard InChI is InChI=1S/C20H23N3O5/c1-13-2-3-15(22-8-6-14(11-24)7-9-22)10-16(13)20(28)23(12-25)17-4-5-18(26)21-19(17)27/h2-3,10-12,14,17H,4-9H2,1H3,(H,21,26,27). The van der Waals surface area contributed by atoms with Gasteiger partial charge in [-0.15, -0.1) is 0 Å². The second-order valence-corrected chi connectivity index (χ2v) is 7.24. The quantitative estimate of drug-likeness (QED) is 0.594. The van der Waals surface area contributed by atoms with Crippen molar-refractivity contribution in [3.8, 4) is 0 Å². The number of nitrogens with one attached hydrogen (secondary N) is 1. The SMILES string of the molecule is Cc1ccc(N2CCC(C=O)CC2)cc1C(=O)N(C=O)C1CCC(=O)NC1=O. The summed E-state index contributed by atoms with van der Waals surface area (Å²) in [6.07, 6.45) is 3.06. The van der Waals surface area contributed by atoms with E-state index in [-0.39, 0.29) is 18.8 Å². The fraction of sp³-hybridized carbons (Fsp3) is 0.450. The van der Waals surface area contributed by atoms with Gasteiger partial charge >= 0.3 is 0 Å². The number of hydrogen-bond acceptors (Lipinski definition) is 6. The van der Waals surface area contributed by atoms with Crippen LogP contribution in [0.3, 0.4) is 0 Å². The predicted molar refractivity (Wildman–Crippen MR) is 101 cm³/mol. The monoisotopic (exact) mass is 385 g/mol.